The molecule has 112 valence electrons. The molecule has 3 nitrogen and oxygen atoms in total. The van der Waals surface area contributed by atoms with Crippen molar-refractivity contribution in [2.45, 2.75) is 51.2 Å². The highest BCUT2D eigenvalue weighted by atomic mass is 16.3. The van der Waals surface area contributed by atoms with Crippen LogP contribution in [0.15, 0.2) is 30.3 Å². The van der Waals surface area contributed by atoms with E-state index in [-0.39, 0.29) is 0 Å². The second kappa shape index (κ2) is 6.25. The summed E-state index contributed by atoms with van der Waals surface area (Å²) in [6, 6.07) is 9.63. The van der Waals surface area contributed by atoms with Crippen LogP contribution in [0.1, 0.15) is 51.2 Å². The number of benzene rings is 1. The maximum absolute atomic E-state index is 10.5. The van der Waals surface area contributed by atoms with Gasteiger partial charge in [-0.3, -0.25) is 0 Å². The van der Waals surface area contributed by atoms with E-state index in [4.69, 9.17) is 0 Å². The lowest BCUT2D eigenvalue weighted by Crippen LogP contribution is -2.45. The average Bonchev–Trinajstić information content (AvgIpc) is 2.44. The fourth-order valence-electron chi connectivity index (χ4n) is 2.80. The summed E-state index contributed by atoms with van der Waals surface area (Å²) in [6.45, 7) is 5.57. The Morgan fingerprint density at radius 3 is 2.30 bits per heavy atom. The van der Waals surface area contributed by atoms with Crippen LogP contribution in [0.5, 0.6) is 0 Å². The maximum atomic E-state index is 10.5. The van der Waals surface area contributed by atoms with Gasteiger partial charge in [-0.15, -0.1) is 0 Å². The zero-order valence-corrected chi connectivity index (χ0v) is 12.6. The number of hydrogen-bond donors (Lipinski definition) is 3. The van der Waals surface area contributed by atoms with Gasteiger partial charge < -0.3 is 15.5 Å². The van der Waals surface area contributed by atoms with Crippen molar-refractivity contribution in [1.82, 2.24) is 5.32 Å². The lowest BCUT2D eigenvalue weighted by atomic mass is 9.71. The van der Waals surface area contributed by atoms with Crippen molar-refractivity contribution in [2.24, 2.45) is 5.41 Å². The first-order chi connectivity index (χ1) is 9.40. The van der Waals surface area contributed by atoms with Gasteiger partial charge in [0.15, 0.2) is 0 Å². The molecule has 1 unspecified atom stereocenters. The molecule has 0 radical (unpaired) electrons. The third-order valence-corrected chi connectivity index (χ3v) is 4.51. The summed E-state index contributed by atoms with van der Waals surface area (Å²) in [5.41, 5.74) is 0.665. The number of aliphatic hydroxyl groups is 2. The summed E-state index contributed by atoms with van der Waals surface area (Å²) in [7, 11) is 0. The molecule has 1 aliphatic carbocycles. The van der Waals surface area contributed by atoms with Crippen molar-refractivity contribution >= 4 is 0 Å². The molecule has 0 spiro atoms. The third kappa shape index (κ3) is 4.30. The molecule has 0 heterocycles. The van der Waals surface area contributed by atoms with Gasteiger partial charge in [0.25, 0.3) is 0 Å². The Morgan fingerprint density at radius 2 is 1.70 bits per heavy atom. The molecule has 0 aromatic heterocycles. The Morgan fingerprint density at radius 1 is 1.10 bits per heavy atom. The van der Waals surface area contributed by atoms with Gasteiger partial charge in [0.1, 0.15) is 0 Å². The number of aliphatic hydroxyl groups excluding tert-OH is 1. The van der Waals surface area contributed by atoms with Gasteiger partial charge >= 0.3 is 0 Å². The first-order valence-corrected chi connectivity index (χ1v) is 7.56. The number of rotatable bonds is 5. The molecule has 2 rings (SSSR count). The highest BCUT2D eigenvalue weighted by Gasteiger charge is 2.36. The summed E-state index contributed by atoms with van der Waals surface area (Å²) < 4.78 is 0. The van der Waals surface area contributed by atoms with E-state index in [1.165, 1.54) is 0 Å². The minimum Gasteiger partial charge on any atom is -0.389 e. The Bertz CT molecular complexity index is 406. The Labute approximate surface area is 122 Å². The van der Waals surface area contributed by atoms with E-state index >= 15 is 0 Å². The van der Waals surface area contributed by atoms with Crippen LogP contribution in [0, 0.1) is 5.41 Å². The highest BCUT2D eigenvalue weighted by molar-refractivity contribution is 5.17. The predicted molar refractivity (Wildman–Crippen MR) is 81.5 cm³/mol. The van der Waals surface area contributed by atoms with E-state index in [1.807, 2.05) is 30.3 Å². The zero-order valence-electron chi connectivity index (χ0n) is 12.6. The minimum atomic E-state index is -0.605. The first kappa shape index (κ1) is 15.5. The Kier molecular flexibility index (Phi) is 4.84. The smallest absolute Gasteiger partial charge is 0.0914 e. The molecule has 0 bridgehead atoms. The first-order valence-electron chi connectivity index (χ1n) is 7.56. The lowest BCUT2D eigenvalue weighted by molar-refractivity contribution is -0.0258. The molecule has 1 aromatic carbocycles. The molecule has 20 heavy (non-hydrogen) atoms. The van der Waals surface area contributed by atoms with E-state index < -0.39 is 11.7 Å². The molecule has 1 aliphatic rings. The average molecular weight is 277 g/mol. The largest absolute Gasteiger partial charge is 0.389 e. The Hall–Kier alpha value is -0.900. The van der Waals surface area contributed by atoms with E-state index in [2.05, 4.69) is 19.2 Å². The maximum Gasteiger partial charge on any atom is 0.0914 e. The van der Waals surface area contributed by atoms with Crippen LogP contribution in [-0.4, -0.2) is 28.9 Å². The summed E-state index contributed by atoms with van der Waals surface area (Å²) >= 11 is 0. The normalized spacial score (nSPS) is 22.4. The SMILES string of the molecule is CC1(C)CCC(O)(CNCC(O)c2ccccc2)CC1. The van der Waals surface area contributed by atoms with Gasteiger partial charge in [0.2, 0.25) is 0 Å². The third-order valence-electron chi connectivity index (χ3n) is 4.51. The molecule has 3 heteroatoms. The van der Waals surface area contributed by atoms with Crippen LogP contribution >= 0.6 is 0 Å². The summed E-state index contributed by atoms with van der Waals surface area (Å²) in [4.78, 5) is 0. The summed E-state index contributed by atoms with van der Waals surface area (Å²) in [5.74, 6) is 0. The fourth-order valence-corrected chi connectivity index (χ4v) is 2.80. The molecule has 0 amide bonds. The van der Waals surface area contributed by atoms with Gasteiger partial charge in [0, 0.05) is 13.1 Å². The van der Waals surface area contributed by atoms with Crippen molar-refractivity contribution in [2.75, 3.05) is 13.1 Å². The van der Waals surface area contributed by atoms with Gasteiger partial charge in [0.05, 0.1) is 11.7 Å². The molecule has 1 fully saturated rings. The van der Waals surface area contributed by atoms with Crippen molar-refractivity contribution in [3.8, 4) is 0 Å². The van der Waals surface area contributed by atoms with Gasteiger partial charge in [-0.05, 0) is 36.7 Å². The van der Waals surface area contributed by atoms with E-state index in [9.17, 15) is 10.2 Å². The highest BCUT2D eigenvalue weighted by Crippen LogP contribution is 2.39. The molecule has 1 aromatic rings. The van der Waals surface area contributed by atoms with Crippen molar-refractivity contribution in [1.29, 1.82) is 0 Å². The van der Waals surface area contributed by atoms with Crippen LogP contribution in [0.25, 0.3) is 0 Å². The standard InChI is InChI=1S/C17H27NO2/c1-16(2)8-10-17(20,11-9-16)13-18-12-15(19)14-6-4-3-5-7-14/h3-7,15,18-20H,8-13H2,1-2H3. The van der Waals surface area contributed by atoms with Gasteiger partial charge in [-0.1, -0.05) is 44.2 Å². The van der Waals surface area contributed by atoms with Crippen LogP contribution in [0.2, 0.25) is 0 Å². The van der Waals surface area contributed by atoms with Crippen molar-refractivity contribution in [3.63, 3.8) is 0 Å². The summed E-state index contributed by atoms with van der Waals surface area (Å²) in [5, 5.41) is 23.8. The summed E-state index contributed by atoms with van der Waals surface area (Å²) in [6.07, 6.45) is 3.29. The Balaban J connectivity index is 1.76. The molecule has 0 saturated heterocycles. The molecule has 0 aliphatic heterocycles. The predicted octanol–water partition coefficient (Wildman–Crippen LogP) is 2.64. The van der Waals surface area contributed by atoms with Crippen molar-refractivity contribution < 1.29 is 10.2 Å². The topological polar surface area (TPSA) is 52.5 Å². The number of hydrogen-bond acceptors (Lipinski definition) is 3. The van der Waals surface area contributed by atoms with E-state index in [0.717, 1.165) is 31.2 Å². The van der Waals surface area contributed by atoms with Crippen LogP contribution in [0.3, 0.4) is 0 Å². The molecular weight excluding hydrogens is 250 g/mol. The van der Waals surface area contributed by atoms with Crippen molar-refractivity contribution in [3.05, 3.63) is 35.9 Å². The quantitative estimate of drug-likeness (QED) is 0.775. The number of nitrogens with one attached hydrogen (secondary N) is 1. The monoisotopic (exact) mass is 277 g/mol. The second-order valence-corrected chi connectivity index (χ2v) is 6.95. The molecular formula is C17H27NO2. The van der Waals surface area contributed by atoms with E-state index in [1.54, 1.807) is 0 Å². The van der Waals surface area contributed by atoms with Gasteiger partial charge in [-0.25, -0.2) is 0 Å². The van der Waals surface area contributed by atoms with Crippen LogP contribution in [0.4, 0.5) is 0 Å². The molecule has 1 saturated carbocycles. The van der Waals surface area contributed by atoms with Gasteiger partial charge in [-0.2, -0.15) is 0 Å². The molecule has 1 atom stereocenters. The minimum absolute atomic E-state index is 0.357. The zero-order chi connectivity index (χ0) is 14.6. The van der Waals surface area contributed by atoms with Crippen LogP contribution in [-0.2, 0) is 0 Å². The molecule has 3 N–H and O–H groups in total. The van der Waals surface area contributed by atoms with Crippen LogP contribution < -0.4 is 5.32 Å². The fraction of sp³-hybridized carbons (Fsp3) is 0.647. The second-order valence-electron chi connectivity index (χ2n) is 6.95. The lowest BCUT2D eigenvalue weighted by Gasteiger charge is -2.40. The van der Waals surface area contributed by atoms with E-state index in [0.29, 0.717) is 18.5 Å².